The van der Waals surface area contributed by atoms with Crippen LogP contribution in [0.4, 0.5) is 15.8 Å². The molecule has 1 unspecified atom stereocenters. The lowest BCUT2D eigenvalue weighted by atomic mass is 10.2. The Bertz CT molecular complexity index is 671. The molecule has 0 radical (unpaired) electrons. The quantitative estimate of drug-likeness (QED) is 0.533. The number of nitrogen functional groups attached to an aromatic ring is 1. The Morgan fingerprint density at radius 2 is 1.95 bits per heavy atom. The van der Waals surface area contributed by atoms with Crippen LogP contribution in [0.5, 0.6) is 0 Å². The predicted octanol–water partition coefficient (Wildman–Crippen LogP) is 2.62. The highest BCUT2D eigenvalue weighted by atomic mass is 32.2. The molecule has 2 N–H and O–H groups in total. The summed E-state index contributed by atoms with van der Waals surface area (Å²) in [4.78, 5) is 10.4. The summed E-state index contributed by atoms with van der Waals surface area (Å²) in [5.41, 5.74) is 5.94. The highest BCUT2D eigenvalue weighted by Crippen LogP contribution is 2.24. The van der Waals surface area contributed by atoms with E-state index in [1.165, 1.54) is 30.3 Å². The molecule has 0 aliphatic rings. The van der Waals surface area contributed by atoms with Crippen molar-refractivity contribution in [3.8, 4) is 0 Å². The molecule has 0 saturated carbocycles. The fourth-order valence-corrected chi connectivity index (χ4v) is 3.02. The zero-order valence-electron chi connectivity index (χ0n) is 10.3. The van der Waals surface area contributed by atoms with Crippen LogP contribution in [-0.2, 0) is 16.6 Å². The number of benzene rings is 2. The highest BCUT2D eigenvalue weighted by molar-refractivity contribution is 7.84. The van der Waals surface area contributed by atoms with Crippen molar-refractivity contribution in [3.05, 3.63) is 64.0 Å². The molecule has 0 aliphatic heterocycles. The summed E-state index contributed by atoms with van der Waals surface area (Å²) in [5.74, 6) is -0.563. The standard InChI is InChI=1S/C13H11FN2O3S/c14-10-5-9(6-11(15)7-10)8-20(19)13-4-2-1-3-12(13)16(17)18/h1-7H,8,15H2. The van der Waals surface area contributed by atoms with Crippen molar-refractivity contribution in [2.75, 3.05) is 5.73 Å². The Labute approximate surface area is 116 Å². The van der Waals surface area contributed by atoms with Gasteiger partial charge in [0.15, 0.2) is 0 Å². The molecule has 0 fully saturated rings. The third kappa shape index (κ3) is 3.18. The van der Waals surface area contributed by atoms with Crippen LogP contribution in [0.3, 0.4) is 0 Å². The number of nitrogens with two attached hydrogens (primary N) is 1. The first-order chi connectivity index (χ1) is 9.47. The first kappa shape index (κ1) is 14.1. The number of nitrogens with zero attached hydrogens (tertiary/aromatic N) is 1. The van der Waals surface area contributed by atoms with Crippen LogP contribution in [0.1, 0.15) is 5.56 Å². The van der Waals surface area contributed by atoms with E-state index in [1.54, 1.807) is 6.07 Å². The van der Waals surface area contributed by atoms with E-state index in [9.17, 15) is 18.7 Å². The van der Waals surface area contributed by atoms with Gasteiger partial charge in [-0.15, -0.1) is 0 Å². The molecule has 5 nitrogen and oxygen atoms in total. The third-order valence-electron chi connectivity index (χ3n) is 2.58. The fraction of sp³-hybridized carbons (Fsp3) is 0.0769. The van der Waals surface area contributed by atoms with Gasteiger partial charge < -0.3 is 5.73 Å². The van der Waals surface area contributed by atoms with Gasteiger partial charge in [0.1, 0.15) is 10.7 Å². The van der Waals surface area contributed by atoms with Crippen molar-refractivity contribution in [3.63, 3.8) is 0 Å². The number of halogens is 1. The summed E-state index contributed by atoms with van der Waals surface area (Å²) in [7, 11) is -1.65. The second-order valence-electron chi connectivity index (χ2n) is 4.11. The third-order valence-corrected chi connectivity index (χ3v) is 4.02. The molecule has 2 aromatic rings. The lowest BCUT2D eigenvalue weighted by molar-refractivity contribution is -0.387. The molecular formula is C13H11FN2O3S. The molecule has 7 heteroatoms. The normalized spacial score (nSPS) is 12.1. The van der Waals surface area contributed by atoms with E-state index in [0.29, 0.717) is 5.56 Å². The van der Waals surface area contributed by atoms with Gasteiger partial charge in [-0.1, -0.05) is 12.1 Å². The summed E-state index contributed by atoms with van der Waals surface area (Å²) in [6, 6.07) is 9.64. The molecule has 2 aromatic carbocycles. The van der Waals surface area contributed by atoms with Crippen LogP contribution in [0.25, 0.3) is 0 Å². The summed E-state index contributed by atoms with van der Waals surface area (Å²) in [6.07, 6.45) is 0. The Morgan fingerprint density at radius 1 is 1.25 bits per heavy atom. The van der Waals surface area contributed by atoms with Gasteiger partial charge in [0.05, 0.1) is 21.5 Å². The van der Waals surface area contributed by atoms with Crippen molar-refractivity contribution in [1.29, 1.82) is 0 Å². The lowest BCUT2D eigenvalue weighted by Gasteiger charge is -2.05. The van der Waals surface area contributed by atoms with Gasteiger partial charge in [-0.05, 0) is 29.8 Å². The molecule has 0 heterocycles. The molecule has 2 rings (SSSR count). The van der Waals surface area contributed by atoms with Crippen LogP contribution in [0, 0.1) is 15.9 Å². The number of anilines is 1. The summed E-state index contributed by atoms with van der Waals surface area (Å²) < 4.78 is 25.4. The van der Waals surface area contributed by atoms with Crippen LogP contribution < -0.4 is 5.73 Å². The fourth-order valence-electron chi connectivity index (χ4n) is 1.79. The monoisotopic (exact) mass is 294 g/mol. The predicted molar refractivity (Wildman–Crippen MR) is 74.0 cm³/mol. The molecule has 0 bridgehead atoms. The lowest BCUT2D eigenvalue weighted by Crippen LogP contribution is -2.02. The molecular weight excluding hydrogens is 283 g/mol. The largest absolute Gasteiger partial charge is 0.399 e. The van der Waals surface area contributed by atoms with E-state index in [2.05, 4.69) is 0 Å². The van der Waals surface area contributed by atoms with Crippen molar-refractivity contribution in [2.24, 2.45) is 0 Å². The van der Waals surface area contributed by atoms with Gasteiger partial charge in [-0.25, -0.2) is 4.39 Å². The molecule has 0 aliphatic carbocycles. The first-order valence-electron chi connectivity index (χ1n) is 5.64. The maximum absolute atomic E-state index is 13.2. The smallest absolute Gasteiger partial charge is 0.285 e. The van der Waals surface area contributed by atoms with Gasteiger partial charge in [-0.3, -0.25) is 14.3 Å². The topological polar surface area (TPSA) is 86.2 Å². The Balaban J connectivity index is 2.31. The molecule has 1 atom stereocenters. The highest BCUT2D eigenvalue weighted by Gasteiger charge is 2.18. The maximum Gasteiger partial charge on any atom is 0.285 e. The van der Waals surface area contributed by atoms with Crippen LogP contribution in [-0.4, -0.2) is 9.13 Å². The second kappa shape index (κ2) is 5.79. The Kier molecular flexibility index (Phi) is 4.09. The van der Waals surface area contributed by atoms with E-state index < -0.39 is 21.5 Å². The molecule has 0 saturated heterocycles. The van der Waals surface area contributed by atoms with E-state index in [1.807, 2.05) is 0 Å². The van der Waals surface area contributed by atoms with Crippen molar-refractivity contribution >= 4 is 22.2 Å². The number of hydrogen-bond acceptors (Lipinski definition) is 4. The summed E-state index contributed by atoms with van der Waals surface area (Å²) >= 11 is 0. The van der Waals surface area contributed by atoms with E-state index in [4.69, 9.17) is 5.73 Å². The molecule has 0 amide bonds. The number of para-hydroxylation sites is 1. The van der Waals surface area contributed by atoms with Crippen molar-refractivity contribution < 1.29 is 13.5 Å². The zero-order chi connectivity index (χ0) is 14.7. The molecule has 20 heavy (non-hydrogen) atoms. The maximum atomic E-state index is 13.2. The number of nitro groups is 1. The molecule has 0 aromatic heterocycles. The second-order valence-corrected chi connectivity index (χ2v) is 5.53. The van der Waals surface area contributed by atoms with Gasteiger partial charge >= 0.3 is 0 Å². The minimum absolute atomic E-state index is 0.0349. The molecule has 104 valence electrons. The van der Waals surface area contributed by atoms with Gasteiger partial charge in [0.25, 0.3) is 5.69 Å². The van der Waals surface area contributed by atoms with Gasteiger partial charge in [0, 0.05) is 11.8 Å². The van der Waals surface area contributed by atoms with Crippen molar-refractivity contribution in [1.82, 2.24) is 0 Å². The number of nitro benzene ring substituents is 1. The molecule has 0 spiro atoms. The van der Waals surface area contributed by atoms with Crippen LogP contribution >= 0.6 is 0 Å². The average molecular weight is 294 g/mol. The van der Waals surface area contributed by atoms with E-state index in [0.717, 1.165) is 6.07 Å². The SMILES string of the molecule is Nc1cc(F)cc(CS(=O)c2ccccc2[N+](=O)[O-])c1. The van der Waals surface area contributed by atoms with Crippen LogP contribution in [0.2, 0.25) is 0 Å². The zero-order valence-corrected chi connectivity index (χ0v) is 11.1. The average Bonchev–Trinajstić information content (AvgIpc) is 2.37. The summed E-state index contributed by atoms with van der Waals surface area (Å²) in [6.45, 7) is 0. The van der Waals surface area contributed by atoms with Gasteiger partial charge in [0.2, 0.25) is 0 Å². The van der Waals surface area contributed by atoms with Crippen molar-refractivity contribution in [2.45, 2.75) is 10.6 Å². The Hall–Kier alpha value is -2.28. The van der Waals surface area contributed by atoms with E-state index in [-0.39, 0.29) is 22.0 Å². The van der Waals surface area contributed by atoms with Crippen LogP contribution in [0.15, 0.2) is 47.4 Å². The van der Waals surface area contributed by atoms with Gasteiger partial charge in [-0.2, -0.15) is 0 Å². The minimum atomic E-state index is -1.65. The minimum Gasteiger partial charge on any atom is -0.399 e. The Morgan fingerprint density at radius 3 is 2.60 bits per heavy atom. The summed E-state index contributed by atoms with van der Waals surface area (Å²) in [5, 5.41) is 10.9. The van der Waals surface area contributed by atoms with E-state index >= 15 is 0 Å². The number of rotatable bonds is 4. The first-order valence-corrected chi connectivity index (χ1v) is 6.96. The number of hydrogen-bond donors (Lipinski definition) is 1.